The fourth-order valence-corrected chi connectivity index (χ4v) is 1.67. The third-order valence-electron chi connectivity index (χ3n) is 2.38. The molecule has 2 atom stereocenters. The number of amides is 2. The summed E-state index contributed by atoms with van der Waals surface area (Å²) in [4.78, 5) is 21.9. The molecule has 16 heavy (non-hydrogen) atoms. The smallest absolute Gasteiger partial charge is 0.328 e. The molecule has 1 aliphatic heterocycles. The second kappa shape index (κ2) is 3.80. The van der Waals surface area contributed by atoms with Gasteiger partial charge in [-0.25, -0.2) is 14.0 Å². The summed E-state index contributed by atoms with van der Waals surface area (Å²) in [5.74, 6) is -1.63. The first-order valence-corrected chi connectivity index (χ1v) is 4.63. The molecule has 1 aromatic rings. The standard InChI is InChI=1S/C10H9FN2O3/c11-6-3-1-2-5(4-6)7-8(9(14)15)13-10(16)12-7/h1-4,7-8H,(H,14,15)(H2,12,13,16). The van der Waals surface area contributed by atoms with Crippen molar-refractivity contribution in [3.05, 3.63) is 35.6 Å². The van der Waals surface area contributed by atoms with Crippen molar-refractivity contribution in [1.82, 2.24) is 10.6 Å². The molecule has 3 N–H and O–H groups in total. The summed E-state index contributed by atoms with van der Waals surface area (Å²) in [6.45, 7) is 0. The van der Waals surface area contributed by atoms with Crippen LogP contribution < -0.4 is 10.6 Å². The number of hydrogen-bond donors (Lipinski definition) is 3. The monoisotopic (exact) mass is 224 g/mol. The molecule has 0 saturated carbocycles. The second-order valence-corrected chi connectivity index (χ2v) is 3.47. The number of hydrogen-bond acceptors (Lipinski definition) is 2. The molecule has 2 unspecified atom stereocenters. The second-order valence-electron chi connectivity index (χ2n) is 3.47. The normalized spacial score (nSPS) is 23.7. The molecule has 1 saturated heterocycles. The highest BCUT2D eigenvalue weighted by molar-refractivity contribution is 5.87. The van der Waals surface area contributed by atoms with Crippen molar-refractivity contribution in [2.75, 3.05) is 0 Å². The Hall–Kier alpha value is -2.11. The van der Waals surface area contributed by atoms with Gasteiger partial charge in [0, 0.05) is 0 Å². The lowest BCUT2D eigenvalue weighted by Crippen LogP contribution is -2.35. The molecular weight excluding hydrogens is 215 g/mol. The van der Waals surface area contributed by atoms with Crippen LogP contribution in [0.2, 0.25) is 0 Å². The number of urea groups is 1. The number of rotatable bonds is 2. The quantitative estimate of drug-likeness (QED) is 0.689. The minimum atomic E-state index is -1.16. The minimum absolute atomic E-state index is 0.422. The van der Waals surface area contributed by atoms with Gasteiger partial charge in [-0.1, -0.05) is 12.1 Å². The number of nitrogens with one attached hydrogen (secondary N) is 2. The summed E-state index contributed by atoms with van der Waals surface area (Å²) < 4.78 is 13.0. The highest BCUT2D eigenvalue weighted by Crippen LogP contribution is 2.21. The van der Waals surface area contributed by atoms with Gasteiger partial charge in [0.1, 0.15) is 5.82 Å². The third kappa shape index (κ3) is 1.81. The van der Waals surface area contributed by atoms with Gasteiger partial charge >= 0.3 is 12.0 Å². The third-order valence-corrected chi connectivity index (χ3v) is 2.38. The van der Waals surface area contributed by atoms with Gasteiger partial charge in [0.15, 0.2) is 6.04 Å². The first-order chi connectivity index (χ1) is 7.58. The maximum absolute atomic E-state index is 13.0. The molecule has 1 heterocycles. The van der Waals surface area contributed by atoms with E-state index in [0.29, 0.717) is 5.56 Å². The van der Waals surface area contributed by atoms with E-state index in [-0.39, 0.29) is 0 Å². The van der Waals surface area contributed by atoms with Crippen molar-refractivity contribution in [1.29, 1.82) is 0 Å². The van der Waals surface area contributed by atoms with E-state index in [1.807, 2.05) is 0 Å². The molecule has 5 nitrogen and oxygen atoms in total. The Morgan fingerprint density at radius 3 is 2.75 bits per heavy atom. The molecule has 1 fully saturated rings. The van der Waals surface area contributed by atoms with Crippen LogP contribution in [0.25, 0.3) is 0 Å². The predicted molar refractivity (Wildman–Crippen MR) is 52.2 cm³/mol. The summed E-state index contributed by atoms with van der Waals surface area (Å²) in [7, 11) is 0. The minimum Gasteiger partial charge on any atom is -0.480 e. The fourth-order valence-electron chi connectivity index (χ4n) is 1.67. The van der Waals surface area contributed by atoms with E-state index in [1.165, 1.54) is 18.2 Å². The van der Waals surface area contributed by atoms with Crippen molar-refractivity contribution in [3.8, 4) is 0 Å². The largest absolute Gasteiger partial charge is 0.480 e. The molecule has 2 rings (SSSR count). The van der Waals surface area contributed by atoms with Crippen LogP contribution >= 0.6 is 0 Å². The zero-order valence-corrected chi connectivity index (χ0v) is 8.11. The SMILES string of the molecule is O=C1NC(C(=O)O)C(c2cccc(F)c2)N1. The number of carboxylic acid groups (broad SMARTS) is 1. The van der Waals surface area contributed by atoms with Crippen molar-refractivity contribution < 1.29 is 19.1 Å². The van der Waals surface area contributed by atoms with Crippen LogP contribution in [0.15, 0.2) is 24.3 Å². The van der Waals surface area contributed by atoms with E-state index in [0.717, 1.165) is 0 Å². The van der Waals surface area contributed by atoms with Gasteiger partial charge in [-0.05, 0) is 17.7 Å². The number of halogens is 1. The molecule has 0 spiro atoms. The van der Waals surface area contributed by atoms with Crippen LogP contribution in [0.1, 0.15) is 11.6 Å². The van der Waals surface area contributed by atoms with Crippen LogP contribution in [-0.2, 0) is 4.79 Å². The Labute approximate surface area is 90.3 Å². The Kier molecular flexibility index (Phi) is 2.47. The number of benzene rings is 1. The summed E-state index contributed by atoms with van der Waals surface area (Å²) >= 11 is 0. The molecule has 0 aromatic heterocycles. The molecule has 6 heteroatoms. The van der Waals surface area contributed by atoms with Crippen LogP contribution in [-0.4, -0.2) is 23.1 Å². The van der Waals surface area contributed by atoms with Crippen LogP contribution in [0, 0.1) is 5.82 Å². The summed E-state index contributed by atoms with van der Waals surface area (Å²) in [5, 5.41) is 13.6. The summed E-state index contributed by atoms with van der Waals surface area (Å²) in [6, 6.07) is 3.10. The molecule has 0 bridgehead atoms. The van der Waals surface area contributed by atoms with Gasteiger partial charge < -0.3 is 15.7 Å². The molecule has 0 radical (unpaired) electrons. The zero-order valence-electron chi connectivity index (χ0n) is 8.11. The molecule has 1 aromatic carbocycles. The Bertz CT molecular complexity index is 449. The molecule has 2 amide bonds. The van der Waals surface area contributed by atoms with Crippen LogP contribution in [0.5, 0.6) is 0 Å². The van der Waals surface area contributed by atoms with Gasteiger partial charge in [0.25, 0.3) is 0 Å². The Morgan fingerprint density at radius 1 is 1.38 bits per heavy atom. The summed E-state index contributed by atoms with van der Waals surface area (Å²) in [6.07, 6.45) is 0. The van der Waals surface area contributed by atoms with Crippen molar-refractivity contribution in [2.24, 2.45) is 0 Å². The first kappa shape index (κ1) is 10.4. The van der Waals surface area contributed by atoms with Crippen molar-refractivity contribution in [3.63, 3.8) is 0 Å². The highest BCUT2D eigenvalue weighted by Gasteiger charge is 2.37. The number of carbonyl (C=O) groups excluding carboxylic acids is 1. The zero-order chi connectivity index (χ0) is 11.7. The van der Waals surface area contributed by atoms with E-state index in [9.17, 15) is 14.0 Å². The van der Waals surface area contributed by atoms with Gasteiger partial charge in [0.05, 0.1) is 6.04 Å². The fraction of sp³-hybridized carbons (Fsp3) is 0.200. The molecule has 0 aliphatic carbocycles. The van der Waals surface area contributed by atoms with E-state index in [1.54, 1.807) is 6.07 Å². The Morgan fingerprint density at radius 2 is 2.12 bits per heavy atom. The van der Waals surface area contributed by atoms with Gasteiger partial charge in [0.2, 0.25) is 0 Å². The van der Waals surface area contributed by atoms with E-state index < -0.39 is 29.9 Å². The van der Waals surface area contributed by atoms with E-state index in [2.05, 4.69) is 10.6 Å². The lowest BCUT2D eigenvalue weighted by atomic mass is 10.0. The molecule has 1 aliphatic rings. The number of carbonyl (C=O) groups is 2. The van der Waals surface area contributed by atoms with Crippen LogP contribution in [0.4, 0.5) is 9.18 Å². The van der Waals surface area contributed by atoms with Crippen molar-refractivity contribution >= 4 is 12.0 Å². The van der Waals surface area contributed by atoms with Crippen molar-refractivity contribution in [2.45, 2.75) is 12.1 Å². The van der Waals surface area contributed by atoms with E-state index >= 15 is 0 Å². The first-order valence-electron chi connectivity index (χ1n) is 4.63. The Balaban J connectivity index is 2.32. The lowest BCUT2D eigenvalue weighted by Gasteiger charge is -2.14. The van der Waals surface area contributed by atoms with E-state index in [4.69, 9.17) is 5.11 Å². The molecule has 84 valence electrons. The highest BCUT2D eigenvalue weighted by atomic mass is 19.1. The lowest BCUT2D eigenvalue weighted by molar-refractivity contribution is -0.139. The average molecular weight is 224 g/mol. The maximum atomic E-state index is 13.0. The summed E-state index contributed by atoms with van der Waals surface area (Å²) in [5.41, 5.74) is 0.422. The average Bonchev–Trinajstić information content (AvgIpc) is 2.60. The van der Waals surface area contributed by atoms with Gasteiger partial charge in [-0.3, -0.25) is 0 Å². The maximum Gasteiger partial charge on any atom is 0.328 e. The molecular formula is C10H9FN2O3. The predicted octanol–water partition coefficient (Wildman–Crippen LogP) is 0.633. The van der Waals surface area contributed by atoms with Gasteiger partial charge in [-0.2, -0.15) is 0 Å². The number of carboxylic acids is 1. The van der Waals surface area contributed by atoms with Crippen LogP contribution in [0.3, 0.4) is 0 Å². The topological polar surface area (TPSA) is 78.4 Å². The van der Waals surface area contributed by atoms with Gasteiger partial charge in [-0.15, -0.1) is 0 Å². The number of aliphatic carboxylic acids is 1.